The monoisotopic (exact) mass is 336 g/mol. The van der Waals surface area contributed by atoms with Gasteiger partial charge >= 0.3 is 0 Å². The van der Waals surface area contributed by atoms with Crippen LogP contribution < -0.4 is 10.6 Å². The van der Waals surface area contributed by atoms with Crippen LogP contribution in [0.1, 0.15) is 17.3 Å². The van der Waals surface area contributed by atoms with E-state index >= 15 is 0 Å². The molecule has 0 saturated heterocycles. The van der Waals surface area contributed by atoms with Gasteiger partial charge in [-0.1, -0.05) is 6.07 Å². The van der Waals surface area contributed by atoms with Gasteiger partial charge in [-0.2, -0.15) is 0 Å². The molecule has 0 unspecified atom stereocenters. The van der Waals surface area contributed by atoms with Crippen LogP contribution in [0.5, 0.6) is 0 Å². The van der Waals surface area contributed by atoms with Crippen LogP contribution in [0.25, 0.3) is 0 Å². The maximum Gasteiger partial charge on any atom is 0.258 e. The molecule has 20 heavy (non-hydrogen) atoms. The Bertz CT molecular complexity index is 646. The number of benzene rings is 2. The minimum atomic E-state index is -0.371. The van der Waals surface area contributed by atoms with Crippen molar-refractivity contribution in [2.75, 3.05) is 17.2 Å². The van der Waals surface area contributed by atoms with E-state index in [2.05, 4.69) is 15.9 Å². The van der Waals surface area contributed by atoms with Crippen molar-refractivity contribution in [3.63, 3.8) is 0 Å². The van der Waals surface area contributed by atoms with Gasteiger partial charge in [0.1, 0.15) is 5.82 Å². The minimum Gasteiger partial charge on any atom is -0.398 e. The van der Waals surface area contributed by atoms with E-state index in [1.54, 1.807) is 30.3 Å². The lowest BCUT2D eigenvalue weighted by molar-refractivity contribution is 0.0988. The molecule has 1 amide bonds. The lowest BCUT2D eigenvalue weighted by atomic mass is 10.1. The number of nitrogen functional groups attached to an aromatic ring is 1. The first kappa shape index (κ1) is 14.5. The second-order valence-corrected chi connectivity index (χ2v) is 5.12. The quantitative estimate of drug-likeness (QED) is 0.865. The summed E-state index contributed by atoms with van der Waals surface area (Å²) in [5.41, 5.74) is 7.27. The molecule has 2 rings (SSSR count). The van der Waals surface area contributed by atoms with Crippen molar-refractivity contribution < 1.29 is 9.18 Å². The summed E-state index contributed by atoms with van der Waals surface area (Å²) in [5.74, 6) is -0.582. The first-order chi connectivity index (χ1) is 9.52. The molecule has 0 atom stereocenters. The normalized spacial score (nSPS) is 10.3. The molecule has 0 saturated carbocycles. The molecule has 2 N–H and O–H groups in total. The zero-order chi connectivity index (χ0) is 14.7. The Morgan fingerprint density at radius 2 is 2.05 bits per heavy atom. The van der Waals surface area contributed by atoms with Crippen molar-refractivity contribution in [3.05, 3.63) is 58.3 Å². The van der Waals surface area contributed by atoms with Crippen LogP contribution >= 0.6 is 15.9 Å². The highest BCUT2D eigenvalue weighted by Crippen LogP contribution is 2.23. The predicted octanol–water partition coefficient (Wildman–Crippen LogP) is 3.84. The number of hydrogen-bond acceptors (Lipinski definition) is 2. The lowest BCUT2D eigenvalue weighted by Gasteiger charge is -2.21. The van der Waals surface area contributed by atoms with E-state index < -0.39 is 0 Å². The average molecular weight is 337 g/mol. The fourth-order valence-electron chi connectivity index (χ4n) is 1.92. The van der Waals surface area contributed by atoms with E-state index in [-0.39, 0.29) is 11.7 Å². The van der Waals surface area contributed by atoms with E-state index in [0.29, 0.717) is 23.5 Å². The van der Waals surface area contributed by atoms with Gasteiger partial charge in [0.15, 0.2) is 0 Å². The van der Waals surface area contributed by atoms with Crippen LogP contribution in [0.2, 0.25) is 0 Å². The van der Waals surface area contributed by atoms with Gasteiger partial charge in [0.05, 0.1) is 0 Å². The number of anilines is 2. The highest BCUT2D eigenvalue weighted by atomic mass is 79.9. The second-order valence-electron chi connectivity index (χ2n) is 4.27. The topological polar surface area (TPSA) is 46.3 Å². The highest BCUT2D eigenvalue weighted by molar-refractivity contribution is 9.10. The van der Waals surface area contributed by atoms with Gasteiger partial charge in [-0.05, 0) is 59.3 Å². The molecule has 0 aliphatic carbocycles. The molecule has 0 aromatic heterocycles. The van der Waals surface area contributed by atoms with Crippen molar-refractivity contribution >= 4 is 33.2 Å². The Balaban J connectivity index is 2.36. The Morgan fingerprint density at radius 3 is 2.65 bits per heavy atom. The van der Waals surface area contributed by atoms with E-state index in [1.807, 2.05) is 6.92 Å². The maximum absolute atomic E-state index is 13.3. The van der Waals surface area contributed by atoms with Crippen LogP contribution in [-0.4, -0.2) is 12.5 Å². The zero-order valence-electron chi connectivity index (χ0n) is 10.9. The number of nitrogens with two attached hydrogens (primary N) is 1. The summed E-state index contributed by atoms with van der Waals surface area (Å²) in [5, 5.41) is 0. The molecule has 2 aromatic carbocycles. The standard InChI is InChI=1S/C15H14BrFN2O/c1-2-19(12-5-3-4-11(17)9-12)15(20)10-6-7-13(16)14(18)8-10/h3-9H,2,18H2,1H3. The number of carbonyl (C=O) groups excluding carboxylic acids is 1. The highest BCUT2D eigenvalue weighted by Gasteiger charge is 2.17. The van der Waals surface area contributed by atoms with Gasteiger partial charge in [-0.15, -0.1) is 0 Å². The Labute approximate surface area is 125 Å². The summed E-state index contributed by atoms with van der Waals surface area (Å²) in [6.45, 7) is 2.28. The number of amides is 1. The summed E-state index contributed by atoms with van der Waals surface area (Å²) in [6, 6.07) is 11.0. The molecule has 0 bridgehead atoms. The van der Waals surface area contributed by atoms with Crippen LogP contribution in [0.15, 0.2) is 46.9 Å². The largest absolute Gasteiger partial charge is 0.398 e. The van der Waals surface area contributed by atoms with Gasteiger partial charge < -0.3 is 10.6 Å². The Kier molecular flexibility index (Phi) is 4.39. The van der Waals surface area contributed by atoms with Gasteiger partial charge in [-0.25, -0.2) is 4.39 Å². The molecule has 104 valence electrons. The van der Waals surface area contributed by atoms with Crippen LogP contribution in [0, 0.1) is 5.82 Å². The third kappa shape index (κ3) is 2.99. The molecule has 0 fully saturated rings. The fourth-order valence-corrected chi connectivity index (χ4v) is 2.17. The molecule has 3 nitrogen and oxygen atoms in total. The fraction of sp³-hybridized carbons (Fsp3) is 0.133. The van der Waals surface area contributed by atoms with Gasteiger partial charge in [-0.3, -0.25) is 4.79 Å². The van der Waals surface area contributed by atoms with E-state index in [1.165, 1.54) is 17.0 Å². The van der Waals surface area contributed by atoms with Crippen LogP contribution in [-0.2, 0) is 0 Å². The van der Waals surface area contributed by atoms with Gasteiger partial charge in [0.25, 0.3) is 5.91 Å². The molecule has 5 heteroatoms. The summed E-state index contributed by atoms with van der Waals surface area (Å²) in [4.78, 5) is 14.0. The van der Waals surface area contributed by atoms with Crippen molar-refractivity contribution in [1.82, 2.24) is 0 Å². The second kappa shape index (κ2) is 6.05. The molecule has 0 aliphatic rings. The first-order valence-corrected chi connectivity index (χ1v) is 6.94. The van der Waals surface area contributed by atoms with E-state index in [9.17, 15) is 9.18 Å². The average Bonchev–Trinajstić information content (AvgIpc) is 2.42. The van der Waals surface area contributed by atoms with Crippen LogP contribution in [0.4, 0.5) is 15.8 Å². The number of halogens is 2. The van der Waals surface area contributed by atoms with Gasteiger partial charge in [0.2, 0.25) is 0 Å². The smallest absolute Gasteiger partial charge is 0.258 e. The molecular formula is C15H14BrFN2O. The van der Waals surface area contributed by atoms with Gasteiger partial charge in [0, 0.05) is 28.0 Å². The summed E-state index contributed by atoms with van der Waals surface area (Å²) in [6.07, 6.45) is 0. The SMILES string of the molecule is CCN(C(=O)c1ccc(Br)c(N)c1)c1cccc(F)c1. The van der Waals surface area contributed by atoms with Crippen molar-refractivity contribution in [2.45, 2.75) is 6.92 Å². The van der Waals surface area contributed by atoms with Crippen molar-refractivity contribution in [1.29, 1.82) is 0 Å². The number of rotatable bonds is 3. The van der Waals surface area contributed by atoms with Crippen molar-refractivity contribution in [2.24, 2.45) is 0 Å². The molecular weight excluding hydrogens is 323 g/mol. The number of nitrogens with zero attached hydrogens (tertiary/aromatic N) is 1. The molecule has 2 aromatic rings. The Morgan fingerprint density at radius 1 is 1.30 bits per heavy atom. The Hall–Kier alpha value is -1.88. The lowest BCUT2D eigenvalue weighted by Crippen LogP contribution is -2.30. The molecule has 0 heterocycles. The zero-order valence-corrected chi connectivity index (χ0v) is 12.5. The third-order valence-electron chi connectivity index (χ3n) is 2.92. The maximum atomic E-state index is 13.3. The summed E-state index contributed by atoms with van der Waals surface area (Å²) in [7, 11) is 0. The predicted molar refractivity (Wildman–Crippen MR) is 82.3 cm³/mol. The minimum absolute atomic E-state index is 0.211. The first-order valence-electron chi connectivity index (χ1n) is 6.15. The van der Waals surface area contributed by atoms with E-state index in [0.717, 1.165) is 4.47 Å². The number of carbonyl (C=O) groups is 1. The molecule has 0 spiro atoms. The van der Waals surface area contributed by atoms with Crippen LogP contribution in [0.3, 0.4) is 0 Å². The summed E-state index contributed by atoms with van der Waals surface area (Å²) < 4.78 is 14.0. The molecule has 0 radical (unpaired) electrons. The van der Waals surface area contributed by atoms with Crippen molar-refractivity contribution in [3.8, 4) is 0 Å². The number of hydrogen-bond donors (Lipinski definition) is 1. The van der Waals surface area contributed by atoms with E-state index in [4.69, 9.17) is 5.73 Å². The summed E-state index contributed by atoms with van der Waals surface area (Å²) >= 11 is 3.29. The third-order valence-corrected chi connectivity index (χ3v) is 3.65. The molecule has 0 aliphatic heterocycles.